The highest BCUT2D eigenvalue weighted by Gasteiger charge is 2.41. The van der Waals surface area contributed by atoms with Gasteiger partial charge in [-0.15, -0.1) is 0 Å². The summed E-state index contributed by atoms with van der Waals surface area (Å²) < 4.78 is 13.5. The Labute approximate surface area is 181 Å². The van der Waals surface area contributed by atoms with Crippen molar-refractivity contribution in [2.45, 2.75) is 27.7 Å². The minimum atomic E-state index is -0.433. The van der Waals surface area contributed by atoms with Gasteiger partial charge in [0.15, 0.2) is 0 Å². The van der Waals surface area contributed by atoms with Crippen LogP contribution in [0, 0.1) is 33.5 Å². The average Bonchev–Trinajstić information content (AvgIpc) is 2.94. The Balaban J connectivity index is 1.86. The standard InChI is InChI=1S/C26H23FN2O2/c1-15-12-16(2)14-21(13-15)28-24-23(19-8-10-20(27)11-9-19)25(30)29(26(24)31)22-7-5-6-17(3)18(22)4/h5-14,28H,1-4H3. The molecule has 0 saturated carbocycles. The first-order valence-corrected chi connectivity index (χ1v) is 10.1. The molecule has 0 bridgehead atoms. The van der Waals surface area contributed by atoms with Crippen LogP contribution in [0.4, 0.5) is 15.8 Å². The van der Waals surface area contributed by atoms with E-state index >= 15 is 0 Å². The molecule has 1 heterocycles. The molecule has 0 unspecified atom stereocenters. The van der Waals surface area contributed by atoms with E-state index in [9.17, 15) is 14.0 Å². The number of imide groups is 1. The normalized spacial score (nSPS) is 13.9. The smallest absolute Gasteiger partial charge is 0.282 e. The molecule has 0 aromatic heterocycles. The van der Waals surface area contributed by atoms with E-state index in [2.05, 4.69) is 5.32 Å². The molecular weight excluding hydrogens is 391 g/mol. The second kappa shape index (κ2) is 7.84. The van der Waals surface area contributed by atoms with Gasteiger partial charge in [0.2, 0.25) is 0 Å². The molecule has 1 aliphatic rings. The summed E-state index contributed by atoms with van der Waals surface area (Å²) in [6, 6.07) is 17.0. The first-order valence-electron chi connectivity index (χ1n) is 10.1. The Bertz CT molecular complexity index is 1220. The van der Waals surface area contributed by atoms with Crippen molar-refractivity contribution in [1.82, 2.24) is 0 Å². The SMILES string of the molecule is Cc1cc(C)cc(NC2=C(c3ccc(F)cc3)C(=O)N(c3cccc(C)c3C)C2=O)c1. The molecule has 1 aliphatic heterocycles. The fraction of sp³-hybridized carbons (Fsp3) is 0.154. The molecule has 4 nitrogen and oxygen atoms in total. The van der Waals surface area contributed by atoms with E-state index in [1.54, 1.807) is 6.07 Å². The monoisotopic (exact) mass is 414 g/mol. The topological polar surface area (TPSA) is 49.4 Å². The minimum Gasteiger partial charge on any atom is -0.350 e. The summed E-state index contributed by atoms with van der Waals surface area (Å²) in [6.07, 6.45) is 0. The summed E-state index contributed by atoms with van der Waals surface area (Å²) in [4.78, 5) is 28.2. The van der Waals surface area contributed by atoms with Crippen molar-refractivity contribution in [1.29, 1.82) is 0 Å². The third kappa shape index (κ3) is 3.75. The van der Waals surface area contributed by atoms with Crippen LogP contribution in [-0.4, -0.2) is 11.8 Å². The van der Waals surface area contributed by atoms with Crippen molar-refractivity contribution >= 4 is 28.8 Å². The molecule has 156 valence electrons. The maximum atomic E-state index is 13.5. The Kier molecular flexibility index (Phi) is 5.19. The molecule has 0 aliphatic carbocycles. The van der Waals surface area contributed by atoms with Crippen molar-refractivity contribution in [2.75, 3.05) is 10.2 Å². The van der Waals surface area contributed by atoms with Gasteiger partial charge in [-0.25, -0.2) is 9.29 Å². The van der Waals surface area contributed by atoms with Crippen LogP contribution in [0.2, 0.25) is 0 Å². The van der Waals surface area contributed by atoms with Crippen LogP contribution in [0.25, 0.3) is 5.57 Å². The van der Waals surface area contributed by atoms with Crippen molar-refractivity contribution in [3.05, 3.63) is 100.0 Å². The summed E-state index contributed by atoms with van der Waals surface area (Å²) in [6.45, 7) is 7.76. The molecule has 4 rings (SSSR count). The number of carbonyl (C=O) groups excluding carboxylic acids is 2. The van der Waals surface area contributed by atoms with E-state index in [0.29, 0.717) is 11.3 Å². The molecule has 0 radical (unpaired) electrons. The van der Waals surface area contributed by atoms with Gasteiger partial charge < -0.3 is 5.32 Å². The number of nitrogens with zero attached hydrogens (tertiary/aromatic N) is 1. The summed E-state index contributed by atoms with van der Waals surface area (Å²) in [5.74, 6) is -1.27. The Hall–Kier alpha value is -3.73. The van der Waals surface area contributed by atoms with Crippen molar-refractivity contribution in [3.63, 3.8) is 0 Å². The lowest BCUT2D eigenvalue weighted by Crippen LogP contribution is -2.33. The largest absolute Gasteiger partial charge is 0.350 e. The highest BCUT2D eigenvalue weighted by molar-refractivity contribution is 6.46. The highest BCUT2D eigenvalue weighted by atomic mass is 19.1. The number of nitrogens with one attached hydrogen (secondary N) is 1. The average molecular weight is 414 g/mol. The third-order valence-electron chi connectivity index (χ3n) is 5.52. The van der Waals surface area contributed by atoms with Crippen LogP contribution >= 0.6 is 0 Å². The van der Waals surface area contributed by atoms with Crippen LogP contribution in [0.1, 0.15) is 27.8 Å². The summed E-state index contributed by atoms with van der Waals surface area (Å²) in [5.41, 5.74) is 6.08. The van der Waals surface area contributed by atoms with Gasteiger partial charge in [0.1, 0.15) is 11.5 Å². The Morgan fingerprint density at radius 3 is 2.10 bits per heavy atom. The van der Waals surface area contributed by atoms with E-state index in [0.717, 1.165) is 27.9 Å². The predicted molar refractivity (Wildman–Crippen MR) is 121 cm³/mol. The molecule has 0 atom stereocenters. The van der Waals surface area contributed by atoms with Crippen LogP contribution in [0.5, 0.6) is 0 Å². The fourth-order valence-electron chi connectivity index (χ4n) is 3.92. The lowest BCUT2D eigenvalue weighted by atomic mass is 10.0. The maximum Gasteiger partial charge on any atom is 0.282 e. The second-order valence-electron chi connectivity index (χ2n) is 7.92. The molecule has 0 fully saturated rings. The van der Waals surface area contributed by atoms with Gasteiger partial charge in [0.05, 0.1) is 11.3 Å². The van der Waals surface area contributed by atoms with Gasteiger partial charge in [0, 0.05) is 5.69 Å². The maximum absolute atomic E-state index is 13.5. The number of rotatable bonds is 4. The van der Waals surface area contributed by atoms with E-state index in [-0.39, 0.29) is 11.3 Å². The number of hydrogen-bond donors (Lipinski definition) is 1. The summed E-state index contributed by atoms with van der Waals surface area (Å²) >= 11 is 0. The van der Waals surface area contributed by atoms with E-state index in [4.69, 9.17) is 0 Å². The number of anilines is 2. The number of amides is 2. The molecule has 1 N–H and O–H groups in total. The van der Waals surface area contributed by atoms with Gasteiger partial charge in [-0.2, -0.15) is 0 Å². The number of aryl methyl sites for hydroxylation is 3. The Morgan fingerprint density at radius 2 is 1.45 bits per heavy atom. The van der Waals surface area contributed by atoms with Crippen molar-refractivity contribution in [2.24, 2.45) is 0 Å². The van der Waals surface area contributed by atoms with E-state index in [1.807, 2.05) is 58.0 Å². The molecular formula is C26H23FN2O2. The lowest BCUT2D eigenvalue weighted by Gasteiger charge is -2.19. The fourth-order valence-corrected chi connectivity index (χ4v) is 3.92. The molecule has 0 saturated heterocycles. The minimum absolute atomic E-state index is 0.183. The second-order valence-corrected chi connectivity index (χ2v) is 7.92. The van der Waals surface area contributed by atoms with Gasteiger partial charge in [0.25, 0.3) is 11.8 Å². The van der Waals surface area contributed by atoms with Crippen LogP contribution < -0.4 is 10.2 Å². The third-order valence-corrected chi connectivity index (χ3v) is 5.52. The Morgan fingerprint density at radius 1 is 0.806 bits per heavy atom. The summed E-state index contributed by atoms with van der Waals surface area (Å²) in [7, 11) is 0. The number of benzene rings is 3. The van der Waals surface area contributed by atoms with Gasteiger partial charge in [-0.1, -0.05) is 30.3 Å². The molecule has 3 aromatic rings. The molecule has 3 aromatic carbocycles. The predicted octanol–water partition coefficient (Wildman–Crippen LogP) is 5.46. The number of carbonyl (C=O) groups is 2. The van der Waals surface area contributed by atoms with Crippen molar-refractivity contribution < 1.29 is 14.0 Å². The first kappa shape index (κ1) is 20.5. The van der Waals surface area contributed by atoms with Gasteiger partial charge in [-0.05, 0) is 85.8 Å². The summed E-state index contributed by atoms with van der Waals surface area (Å²) in [5, 5.41) is 3.17. The van der Waals surface area contributed by atoms with Crippen LogP contribution in [0.3, 0.4) is 0 Å². The van der Waals surface area contributed by atoms with Gasteiger partial charge >= 0.3 is 0 Å². The van der Waals surface area contributed by atoms with Crippen LogP contribution in [0.15, 0.2) is 66.4 Å². The molecule has 0 spiro atoms. The lowest BCUT2D eigenvalue weighted by molar-refractivity contribution is -0.120. The van der Waals surface area contributed by atoms with E-state index < -0.39 is 17.6 Å². The molecule has 5 heteroatoms. The zero-order chi connectivity index (χ0) is 22.3. The first-order chi connectivity index (χ1) is 14.8. The molecule has 31 heavy (non-hydrogen) atoms. The quantitative estimate of drug-likeness (QED) is 0.577. The van der Waals surface area contributed by atoms with Gasteiger partial charge in [-0.3, -0.25) is 9.59 Å². The molecule has 2 amide bonds. The number of hydrogen-bond acceptors (Lipinski definition) is 3. The van der Waals surface area contributed by atoms with Crippen LogP contribution in [-0.2, 0) is 9.59 Å². The van der Waals surface area contributed by atoms with E-state index in [1.165, 1.54) is 29.2 Å². The zero-order valence-corrected chi connectivity index (χ0v) is 17.9. The van der Waals surface area contributed by atoms with Crippen molar-refractivity contribution in [3.8, 4) is 0 Å². The zero-order valence-electron chi connectivity index (χ0n) is 17.9. The highest BCUT2D eigenvalue weighted by Crippen LogP contribution is 2.36. The number of halogens is 1.